The van der Waals surface area contributed by atoms with Crippen LogP contribution in [0, 0.1) is 0 Å². The van der Waals surface area contributed by atoms with E-state index in [0.717, 1.165) is 13.0 Å². The number of pyridine rings is 1. The van der Waals surface area contributed by atoms with E-state index in [1.165, 1.54) is 19.2 Å². The van der Waals surface area contributed by atoms with E-state index in [2.05, 4.69) is 10.3 Å². The second-order valence-electron chi connectivity index (χ2n) is 4.33. The Bertz CT molecular complexity index is 475. The van der Waals surface area contributed by atoms with E-state index in [1.807, 2.05) is 4.90 Å². The van der Waals surface area contributed by atoms with Gasteiger partial charge in [-0.1, -0.05) is 0 Å². The summed E-state index contributed by atoms with van der Waals surface area (Å²) in [6, 6.07) is 1.56. The van der Waals surface area contributed by atoms with Gasteiger partial charge < -0.3 is 15.3 Å². The van der Waals surface area contributed by atoms with Crippen molar-refractivity contribution in [1.29, 1.82) is 0 Å². The van der Waals surface area contributed by atoms with Gasteiger partial charge >= 0.3 is 5.97 Å². The van der Waals surface area contributed by atoms with Crippen molar-refractivity contribution in [3.63, 3.8) is 0 Å². The molecule has 0 aliphatic carbocycles. The summed E-state index contributed by atoms with van der Waals surface area (Å²) < 4.78 is 0. The number of nitrogens with zero attached hydrogens (tertiary/aromatic N) is 2. The van der Waals surface area contributed by atoms with Gasteiger partial charge in [0.25, 0.3) is 0 Å². The first kappa shape index (κ1) is 12.3. The van der Waals surface area contributed by atoms with E-state index in [-0.39, 0.29) is 17.5 Å². The number of carbonyl (C=O) groups excluding carboxylic acids is 1. The molecule has 1 amide bonds. The summed E-state index contributed by atoms with van der Waals surface area (Å²) in [6.07, 6.45) is 3.83. The Morgan fingerprint density at radius 2 is 2.33 bits per heavy atom. The molecule has 1 unspecified atom stereocenters. The quantitative estimate of drug-likeness (QED) is 0.815. The number of carboxylic acid groups (broad SMARTS) is 1. The largest absolute Gasteiger partial charge is 0.478 e. The van der Waals surface area contributed by atoms with Gasteiger partial charge in [-0.2, -0.15) is 0 Å². The number of carboxylic acids is 1. The molecule has 2 rings (SSSR count). The van der Waals surface area contributed by atoms with E-state index in [9.17, 15) is 9.59 Å². The summed E-state index contributed by atoms with van der Waals surface area (Å²) in [6.45, 7) is 2.82. The molecule has 2 N–H and O–H groups in total. The molecule has 6 nitrogen and oxygen atoms in total. The summed E-state index contributed by atoms with van der Waals surface area (Å²) >= 11 is 0. The second kappa shape index (κ2) is 5.03. The molecule has 2 heterocycles. The Kier molecular flexibility index (Phi) is 3.45. The Balaban J connectivity index is 2.14. The highest BCUT2D eigenvalue weighted by atomic mass is 16.4. The van der Waals surface area contributed by atoms with Gasteiger partial charge in [0.15, 0.2) is 0 Å². The third-order valence-electron chi connectivity index (χ3n) is 2.97. The van der Waals surface area contributed by atoms with Crippen molar-refractivity contribution in [2.75, 3.05) is 18.0 Å². The predicted molar refractivity (Wildman–Crippen MR) is 65.6 cm³/mol. The van der Waals surface area contributed by atoms with Crippen LogP contribution in [0.15, 0.2) is 18.5 Å². The number of hydrogen-bond donors (Lipinski definition) is 2. The van der Waals surface area contributed by atoms with Gasteiger partial charge in [-0.15, -0.1) is 0 Å². The third-order valence-corrected chi connectivity index (χ3v) is 2.97. The Labute approximate surface area is 105 Å². The van der Waals surface area contributed by atoms with Crippen molar-refractivity contribution in [2.45, 2.75) is 19.4 Å². The summed E-state index contributed by atoms with van der Waals surface area (Å²) in [5.74, 6) is -1.03. The van der Waals surface area contributed by atoms with Gasteiger partial charge in [0, 0.05) is 32.3 Å². The molecule has 96 valence electrons. The van der Waals surface area contributed by atoms with Gasteiger partial charge in [0.2, 0.25) is 5.91 Å². The lowest BCUT2D eigenvalue weighted by atomic mass is 10.2. The SMILES string of the molecule is CC(=O)NC1CCN(c2cnccc2C(=O)O)C1. The summed E-state index contributed by atoms with van der Waals surface area (Å²) in [5, 5.41) is 12.0. The zero-order valence-corrected chi connectivity index (χ0v) is 10.1. The predicted octanol–water partition coefficient (Wildman–Crippen LogP) is 0.495. The van der Waals surface area contributed by atoms with Crippen LogP contribution < -0.4 is 10.2 Å². The highest BCUT2D eigenvalue weighted by Gasteiger charge is 2.26. The van der Waals surface area contributed by atoms with Crippen LogP contribution >= 0.6 is 0 Å². The molecule has 0 aromatic carbocycles. The van der Waals surface area contributed by atoms with Crippen LogP contribution in [0.4, 0.5) is 5.69 Å². The van der Waals surface area contributed by atoms with Crippen LogP contribution in [0.1, 0.15) is 23.7 Å². The minimum Gasteiger partial charge on any atom is -0.478 e. The fourth-order valence-electron chi connectivity index (χ4n) is 2.20. The second-order valence-corrected chi connectivity index (χ2v) is 4.33. The lowest BCUT2D eigenvalue weighted by Crippen LogP contribution is -2.35. The van der Waals surface area contributed by atoms with Crippen LogP contribution in [0.2, 0.25) is 0 Å². The first-order valence-electron chi connectivity index (χ1n) is 5.77. The number of anilines is 1. The molecule has 0 bridgehead atoms. The fourth-order valence-corrected chi connectivity index (χ4v) is 2.20. The van der Waals surface area contributed by atoms with Crippen molar-refractivity contribution < 1.29 is 14.7 Å². The maximum Gasteiger partial charge on any atom is 0.337 e. The lowest BCUT2D eigenvalue weighted by Gasteiger charge is -2.20. The van der Waals surface area contributed by atoms with Crippen molar-refractivity contribution in [1.82, 2.24) is 10.3 Å². The molecular weight excluding hydrogens is 234 g/mol. The van der Waals surface area contributed by atoms with Crippen LogP contribution in [-0.2, 0) is 4.79 Å². The first-order valence-corrected chi connectivity index (χ1v) is 5.77. The molecule has 0 saturated carbocycles. The highest BCUT2D eigenvalue weighted by molar-refractivity contribution is 5.94. The minimum absolute atomic E-state index is 0.0634. The van der Waals surface area contributed by atoms with Crippen LogP contribution in [0.5, 0.6) is 0 Å². The molecule has 18 heavy (non-hydrogen) atoms. The zero-order valence-electron chi connectivity index (χ0n) is 10.1. The minimum atomic E-state index is -0.963. The zero-order chi connectivity index (χ0) is 13.1. The van der Waals surface area contributed by atoms with Crippen molar-refractivity contribution in [3.05, 3.63) is 24.0 Å². The summed E-state index contributed by atoms with van der Waals surface area (Å²) in [4.78, 5) is 28.0. The number of aromatic carboxylic acids is 1. The Hall–Kier alpha value is -2.11. The van der Waals surface area contributed by atoms with Crippen LogP contribution in [-0.4, -0.2) is 41.1 Å². The number of aromatic nitrogens is 1. The first-order chi connectivity index (χ1) is 8.58. The van der Waals surface area contributed by atoms with E-state index in [4.69, 9.17) is 5.11 Å². The molecule has 1 aromatic rings. The van der Waals surface area contributed by atoms with E-state index in [0.29, 0.717) is 12.2 Å². The molecular formula is C12H15N3O3. The van der Waals surface area contributed by atoms with Crippen LogP contribution in [0.3, 0.4) is 0 Å². The maximum atomic E-state index is 11.1. The van der Waals surface area contributed by atoms with Gasteiger partial charge in [0.05, 0.1) is 17.4 Å². The number of rotatable bonds is 3. The average molecular weight is 249 g/mol. The summed E-state index contributed by atoms with van der Waals surface area (Å²) in [7, 11) is 0. The van der Waals surface area contributed by atoms with Gasteiger partial charge in [-0.3, -0.25) is 9.78 Å². The smallest absolute Gasteiger partial charge is 0.337 e. The van der Waals surface area contributed by atoms with E-state index >= 15 is 0 Å². The van der Waals surface area contributed by atoms with Crippen molar-refractivity contribution in [3.8, 4) is 0 Å². The number of carbonyl (C=O) groups is 2. The molecule has 1 aromatic heterocycles. The Morgan fingerprint density at radius 1 is 1.56 bits per heavy atom. The highest BCUT2D eigenvalue weighted by Crippen LogP contribution is 2.23. The number of hydrogen-bond acceptors (Lipinski definition) is 4. The molecule has 1 atom stereocenters. The van der Waals surface area contributed by atoms with Gasteiger partial charge in [-0.05, 0) is 12.5 Å². The van der Waals surface area contributed by atoms with Gasteiger partial charge in [0.1, 0.15) is 0 Å². The van der Waals surface area contributed by atoms with Crippen molar-refractivity contribution >= 4 is 17.6 Å². The molecule has 0 spiro atoms. The Morgan fingerprint density at radius 3 is 3.00 bits per heavy atom. The molecule has 0 radical (unpaired) electrons. The van der Waals surface area contributed by atoms with Crippen LogP contribution in [0.25, 0.3) is 0 Å². The molecule has 1 fully saturated rings. The number of amides is 1. The van der Waals surface area contributed by atoms with Crippen molar-refractivity contribution in [2.24, 2.45) is 0 Å². The lowest BCUT2D eigenvalue weighted by molar-refractivity contribution is -0.119. The van der Waals surface area contributed by atoms with E-state index in [1.54, 1.807) is 6.20 Å². The third kappa shape index (κ3) is 2.58. The maximum absolute atomic E-state index is 11.1. The van der Waals surface area contributed by atoms with Gasteiger partial charge in [-0.25, -0.2) is 4.79 Å². The molecule has 1 aliphatic heterocycles. The average Bonchev–Trinajstić information content (AvgIpc) is 2.76. The topological polar surface area (TPSA) is 82.5 Å². The fraction of sp³-hybridized carbons (Fsp3) is 0.417. The molecule has 6 heteroatoms. The molecule has 1 saturated heterocycles. The molecule has 1 aliphatic rings. The van der Waals surface area contributed by atoms with E-state index < -0.39 is 5.97 Å². The summed E-state index contributed by atoms with van der Waals surface area (Å²) in [5.41, 5.74) is 0.853. The normalized spacial score (nSPS) is 18.7. The number of nitrogens with one attached hydrogen (secondary N) is 1. The monoisotopic (exact) mass is 249 g/mol. The standard InChI is InChI=1S/C12H15N3O3/c1-8(16)14-9-3-5-15(7-9)11-6-13-4-2-10(11)12(17)18/h2,4,6,9H,3,5,7H2,1H3,(H,14,16)(H,17,18).